The molecule has 2 heterocycles. The maximum absolute atomic E-state index is 11.5. The number of aromatic nitrogens is 2. The molecule has 0 amide bonds. The summed E-state index contributed by atoms with van der Waals surface area (Å²) in [4.78, 5) is 20.8. The highest BCUT2D eigenvalue weighted by molar-refractivity contribution is 7.13. The normalized spacial score (nSPS) is 11.2. The molecule has 6 nitrogen and oxygen atoms in total. The molecule has 0 aliphatic heterocycles. The molecular weight excluding hydrogens is 410 g/mol. The first-order chi connectivity index (χ1) is 14.7. The number of rotatable bonds is 8. The molecule has 0 aliphatic carbocycles. The topological polar surface area (TPSA) is 98.3 Å². The Morgan fingerprint density at radius 1 is 1.13 bits per heavy atom. The first kappa shape index (κ1) is 22.9. The molecule has 1 aromatic carbocycles. The molecule has 0 bridgehead atoms. The molecular formula is C24H29N3O3S. The van der Waals surface area contributed by atoms with Gasteiger partial charge in [-0.2, -0.15) is 0 Å². The van der Waals surface area contributed by atoms with Crippen molar-refractivity contribution in [3.63, 3.8) is 0 Å². The van der Waals surface area contributed by atoms with Crippen molar-refractivity contribution >= 4 is 17.3 Å². The van der Waals surface area contributed by atoms with Crippen LogP contribution < -0.4 is 10.5 Å². The van der Waals surface area contributed by atoms with E-state index in [0.29, 0.717) is 17.5 Å². The van der Waals surface area contributed by atoms with Crippen LogP contribution >= 0.6 is 11.3 Å². The number of carboxylic acid groups (broad SMARTS) is 1. The van der Waals surface area contributed by atoms with Gasteiger partial charge in [-0.05, 0) is 49.8 Å². The molecule has 3 rings (SSSR count). The first-order valence-corrected chi connectivity index (χ1v) is 11.1. The third-order valence-electron chi connectivity index (χ3n) is 5.09. The zero-order valence-corrected chi connectivity index (χ0v) is 19.5. The van der Waals surface area contributed by atoms with E-state index >= 15 is 0 Å². The Kier molecular flexibility index (Phi) is 7.08. The van der Waals surface area contributed by atoms with Gasteiger partial charge >= 0.3 is 5.97 Å². The third-order valence-corrected chi connectivity index (χ3v) is 6.03. The van der Waals surface area contributed by atoms with Crippen LogP contribution in [0.2, 0.25) is 0 Å². The summed E-state index contributed by atoms with van der Waals surface area (Å²) in [5.74, 6) is -0.449. The summed E-state index contributed by atoms with van der Waals surface area (Å²) in [6, 6.07) is 8.32. The Hall–Kier alpha value is -2.77. The van der Waals surface area contributed by atoms with Gasteiger partial charge in [0.05, 0.1) is 5.01 Å². The SMILES string of the molecule is Cc1ccc(-c2c(COc3nc(C)sc3C(=O)O)c(C)nc(CC(C)C)c2CN)cc1. The number of aryl methyl sites for hydroxylation is 3. The van der Waals surface area contributed by atoms with Gasteiger partial charge in [0, 0.05) is 23.5 Å². The van der Waals surface area contributed by atoms with Gasteiger partial charge < -0.3 is 15.6 Å². The van der Waals surface area contributed by atoms with Gasteiger partial charge in [-0.1, -0.05) is 43.7 Å². The van der Waals surface area contributed by atoms with Gasteiger partial charge in [0.15, 0.2) is 4.88 Å². The molecule has 0 spiro atoms. The summed E-state index contributed by atoms with van der Waals surface area (Å²) < 4.78 is 5.93. The maximum atomic E-state index is 11.5. The Morgan fingerprint density at radius 3 is 2.39 bits per heavy atom. The number of nitrogens with zero attached hydrogens (tertiary/aromatic N) is 2. The van der Waals surface area contributed by atoms with Gasteiger partial charge in [0.1, 0.15) is 6.61 Å². The van der Waals surface area contributed by atoms with E-state index in [2.05, 4.69) is 50.0 Å². The summed E-state index contributed by atoms with van der Waals surface area (Å²) in [7, 11) is 0. The molecule has 3 aromatic rings. The van der Waals surface area contributed by atoms with Crippen LogP contribution in [0, 0.1) is 26.7 Å². The largest absolute Gasteiger partial charge is 0.477 e. The zero-order chi connectivity index (χ0) is 22.7. The average Bonchev–Trinajstić information content (AvgIpc) is 3.08. The van der Waals surface area contributed by atoms with Crippen molar-refractivity contribution in [1.82, 2.24) is 9.97 Å². The van der Waals surface area contributed by atoms with Crippen molar-refractivity contribution in [1.29, 1.82) is 0 Å². The highest BCUT2D eigenvalue weighted by atomic mass is 32.1. The minimum Gasteiger partial charge on any atom is -0.477 e. The van der Waals surface area contributed by atoms with Gasteiger partial charge in [0.25, 0.3) is 0 Å². The van der Waals surface area contributed by atoms with Crippen molar-refractivity contribution in [3.8, 4) is 17.0 Å². The van der Waals surface area contributed by atoms with E-state index in [-0.39, 0.29) is 17.4 Å². The third kappa shape index (κ3) is 5.11. The lowest BCUT2D eigenvalue weighted by Crippen LogP contribution is -2.14. The molecule has 7 heteroatoms. The average molecular weight is 440 g/mol. The standard InChI is InChI=1S/C24H29N3O3S/c1-13(2)10-20-18(11-25)21(17-8-6-14(3)7-9-17)19(15(4)26-20)12-30-23-22(24(28)29)31-16(5)27-23/h6-9,13H,10-12,25H2,1-5H3,(H,28,29). The second-order valence-corrected chi connectivity index (χ2v) is 9.31. The van der Waals surface area contributed by atoms with E-state index in [1.165, 1.54) is 5.56 Å². The predicted octanol–water partition coefficient (Wildman–Crippen LogP) is 5.06. The van der Waals surface area contributed by atoms with Crippen LogP contribution in [-0.4, -0.2) is 21.0 Å². The summed E-state index contributed by atoms with van der Waals surface area (Å²) in [5.41, 5.74) is 13.2. The molecule has 0 fully saturated rings. The van der Waals surface area contributed by atoms with Crippen LogP contribution in [0.5, 0.6) is 5.88 Å². The van der Waals surface area contributed by atoms with Crippen molar-refractivity contribution < 1.29 is 14.6 Å². The molecule has 0 atom stereocenters. The molecule has 0 saturated heterocycles. The van der Waals surface area contributed by atoms with Gasteiger partial charge in [-0.25, -0.2) is 9.78 Å². The second-order valence-electron chi connectivity index (χ2n) is 8.11. The van der Waals surface area contributed by atoms with Crippen LogP contribution in [0.4, 0.5) is 0 Å². The molecule has 2 aromatic heterocycles. The summed E-state index contributed by atoms with van der Waals surface area (Å²) in [5, 5.41) is 10.1. The predicted molar refractivity (Wildman–Crippen MR) is 124 cm³/mol. The van der Waals surface area contributed by atoms with Crippen LogP contribution in [0.3, 0.4) is 0 Å². The number of carboxylic acids is 1. The fourth-order valence-electron chi connectivity index (χ4n) is 3.65. The van der Waals surface area contributed by atoms with E-state index in [0.717, 1.165) is 51.4 Å². The summed E-state index contributed by atoms with van der Waals surface area (Å²) in [6.07, 6.45) is 0.835. The lowest BCUT2D eigenvalue weighted by Gasteiger charge is -2.21. The summed E-state index contributed by atoms with van der Waals surface area (Å²) in [6.45, 7) is 10.6. The minimum absolute atomic E-state index is 0.107. The van der Waals surface area contributed by atoms with E-state index < -0.39 is 5.97 Å². The minimum atomic E-state index is -1.04. The van der Waals surface area contributed by atoms with Crippen molar-refractivity contribution in [2.24, 2.45) is 11.7 Å². The lowest BCUT2D eigenvalue weighted by molar-refractivity contribution is 0.0697. The van der Waals surface area contributed by atoms with Crippen molar-refractivity contribution in [3.05, 3.63) is 62.2 Å². The summed E-state index contributed by atoms with van der Waals surface area (Å²) >= 11 is 1.11. The number of carbonyl (C=O) groups is 1. The number of pyridine rings is 1. The van der Waals surface area contributed by atoms with Crippen LogP contribution in [0.25, 0.3) is 11.1 Å². The van der Waals surface area contributed by atoms with Gasteiger partial charge in [-0.15, -0.1) is 11.3 Å². The lowest BCUT2D eigenvalue weighted by atomic mass is 9.90. The Labute approximate surface area is 187 Å². The van der Waals surface area contributed by atoms with Gasteiger partial charge in [-0.3, -0.25) is 4.98 Å². The second kappa shape index (κ2) is 9.58. The van der Waals surface area contributed by atoms with E-state index in [4.69, 9.17) is 15.5 Å². The zero-order valence-electron chi connectivity index (χ0n) is 18.7. The van der Waals surface area contributed by atoms with Crippen LogP contribution in [0.1, 0.15) is 56.6 Å². The number of thiazole rings is 1. The van der Waals surface area contributed by atoms with Crippen molar-refractivity contribution in [2.75, 3.05) is 0 Å². The van der Waals surface area contributed by atoms with E-state index in [9.17, 15) is 9.90 Å². The molecule has 0 saturated carbocycles. The number of ether oxygens (including phenoxy) is 1. The number of aromatic carboxylic acids is 1. The molecule has 0 unspecified atom stereocenters. The van der Waals surface area contributed by atoms with E-state index in [1.54, 1.807) is 6.92 Å². The van der Waals surface area contributed by atoms with Crippen molar-refractivity contribution in [2.45, 2.75) is 54.2 Å². The highest BCUT2D eigenvalue weighted by Crippen LogP contribution is 2.34. The van der Waals surface area contributed by atoms with E-state index in [1.807, 2.05) is 6.92 Å². The van der Waals surface area contributed by atoms with Gasteiger partial charge in [0.2, 0.25) is 5.88 Å². The fraction of sp³-hybridized carbons (Fsp3) is 0.375. The monoisotopic (exact) mass is 439 g/mol. The molecule has 3 N–H and O–H groups in total. The molecule has 0 aliphatic rings. The first-order valence-electron chi connectivity index (χ1n) is 10.3. The maximum Gasteiger partial charge on any atom is 0.351 e. The number of hydrogen-bond donors (Lipinski definition) is 2. The Morgan fingerprint density at radius 2 is 1.81 bits per heavy atom. The number of nitrogens with two attached hydrogens (primary N) is 1. The molecule has 31 heavy (non-hydrogen) atoms. The quantitative estimate of drug-likeness (QED) is 0.509. The number of benzene rings is 1. The smallest absolute Gasteiger partial charge is 0.351 e. The Balaban J connectivity index is 2.12. The molecule has 0 radical (unpaired) electrons. The Bertz CT molecular complexity index is 1090. The molecule has 164 valence electrons. The highest BCUT2D eigenvalue weighted by Gasteiger charge is 2.22. The van der Waals surface area contributed by atoms with Crippen LogP contribution in [-0.2, 0) is 19.6 Å². The fourth-order valence-corrected chi connectivity index (χ4v) is 4.35. The number of hydrogen-bond acceptors (Lipinski definition) is 6. The van der Waals surface area contributed by atoms with Crippen LogP contribution in [0.15, 0.2) is 24.3 Å².